The highest BCUT2D eigenvalue weighted by Gasteiger charge is 2.33. The van der Waals surface area contributed by atoms with Crippen molar-refractivity contribution in [1.82, 2.24) is 0 Å². The van der Waals surface area contributed by atoms with E-state index in [4.69, 9.17) is 14.5 Å². The number of allylic oxidation sites excluding steroid dienone is 6. The van der Waals surface area contributed by atoms with Crippen LogP contribution < -0.4 is 0 Å². The summed E-state index contributed by atoms with van der Waals surface area (Å²) in [6.45, 7) is 4.33. The summed E-state index contributed by atoms with van der Waals surface area (Å²) in [6, 6.07) is 3.22. The van der Waals surface area contributed by atoms with Crippen LogP contribution in [0.5, 0.6) is 0 Å². The molecule has 0 spiro atoms. The van der Waals surface area contributed by atoms with Gasteiger partial charge in [-0.05, 0) is 74.0 Å². The zero-order chi connectivity index (χ0) is 22.5. The lowest BCUT2D eigenvalue weighted by molar-refractivity contribution is 0.0662. The average Bonchev–Trinajstić information content (AvgIpc) is 3.41. The number of carboxylic acid groups (broad SMARTS) is 1. The van der Waals surface area contributed by atoms with Gasteiger partial charge in [-0.2, -0.15) is 0 Å². The highest BCUT2D eigenvalue weighted by atomic mass is 16.4. The first-order valence-corrected chi connectivity index (χ1v) is 12.3. The molecule has 1 fully saturated rings. The van der Waals surface area contributed by atoms with Gasteiger partial charge in [0, 0.05) is 17.2 Å². The van der Waals surface area contributed by atoms with Crippen molar-refractivity contribution in [3.8, 4) is 0 Å². The lowest BCUT2D eigenvalue weighted by atomic mass is 9.79. The number of rotatable bonds is 10. The van der Waals surface area contributed by atoms with Gasteiger partial charge in [-0.15, -0.1) is 0 Å². The van der Waals surface area contributed by atoms with E-state index in [1.807, 2.05) is 6.08 Å². The van der Waals surface area contributed by atoms with Crippen LogP contribution >= 0.6 is 0 Å². The molecule has 1 unspecified atom stereocenters. The fourth-order valence-electron chi connectivity index (χ4n) is 5.17. The van der Waals surface area contributed by atoms with Crippen molar-refractivity contribution in [2.24, 2.45) is 10.9 Å². The Balaban J connectivity index is 1.56. The van der Waals surface area contributed by atoms with Crippen LogP contribution in [0, 0.1) is 5.92 Å². The number of aliphatic imine (C=N–C) groups is 1. The van der Waals surface area contributed by atoms with Crippen LogP contribution in [0.4, 0.5) is 0 Å². The van der Waals surface area contributed by atoms with Crippen molar-refractivity contribution in [2.75, 3.05) is 0 Å². The minimum Gasteiger partial charge on any atom is -0.475 e. The highest BCUT2D eigenvalue weighted by Crippen LogP contribution is 2.45. The Morgan fingerprint density at radius 2 is 1.94 bits per heavy atom. The Morgan fingerprint density at radius 3 is 2.72 bits per heavy atom. The van der Waals surface area contributed by atoms with E-state index in [9.17, 15) is 4.79 Å². The lowest BCUT2D eigenvalue weighted by Gasteiger charge is -2.24. The number of aromatic carboxylic acids is 1. The van der Waals surface area contributed by atoms with Gasteiger partial charge in [-0.3, -0.25) is 4.99 Å². The zero-order valence-electron chi connectivity index (χ0n) is 19.5. The van der Waals surface area contributed by atoms with Crippen LogP contribution in [0.2, 0.25) is 0 Å². The van der Waals surface area contributed by atoms with E-state index < -0.39 is 5.97 Å². The number of nitrogens with zero attached hydrogens (tertiary/aromatic N) is 1. The molecule has 4 heteroatoms. The summed E-state index contributed by atoms with van der Waals surface area (Å²) in [5.74, 6) is -0.0512. The summed E-state index contributed by atoms with van der Waals surface area (Å²) in [5.41, 5.74) is 7.61. The highest BCUT2D eigenvalue weighted by molar-refractivity contribution is 6.06. The largest absolute Gasteiger partial charge is 0.475 e. The van der Waals surface area contributed by atoms with E-state index in [1.165, 1.54) is 80.7 Å². The van der Waals surface area contributed by atoms with Gasteiger partial charge < -0.3 is 9.52 Å². The number of unbranched alkanes of at least 4 members (excludes halogenated alkanes) is 5. The van der Waals surface area contributed by atoms with Crippen LogP contribution in [0.25, 0.3) is 6.08 Å². The molecule has 1 saturated carbocycles. The molecule has 1 N–H and O–H groups in total. The summed E-state index contributed by atoms with van der Waals surface area (Å²) in [4.78, 5) is 16.3. The third kappa shape index (κ3) is 4.90. The van der Waals surface area contributed by atoms with Crippen molar-refractivity contribution < 1.29 is 14.3 Å². The van der Waals surface area contributed by atoms with Crippen LogP contribution in [0.15, 0.2) is 61.7 Å². The molecule has 2 heterocycles. The maximum atomic E-state index is 11.1. The number of carbonyl (C=O) groups is 1. The molecule has 1 aliphatic heterocycles. The zero-order valence-corrected chi connectivity index (χ0v) is 19.5. The van der Waals surface area contributed by atoms with E-state index in [2.05, 4.69) is 26.0 Å². The van der Waals surface area contributed by atoms with Crippen molar-refractivity contribution in [2.45, 2.75) is 84.5 Å². The molecule has 1 atom stereocenters. The molecule has 0 aromatic carbocycles. The van der Waals surface area contributed by atoms with Gasteiger partial charge in [0.1, 0.15) is 5.76 Å². The molecule has 0 radical (unpaired) electrons. The topological polar surface area (TPSA) is 62.8 Å². The first kappa shape index (κ1) is 22.6. The number of hydrogen-bond donors (Lipinski definition) is 1. The lowest BCUT2D eigenvalue weighted by Crippen LogP contribution is -2.13. The molecule has 2 aliphatic carbocycles. The van der Waals surface area contributed by atoms with Crippen LogP contribution in [-0.4, -0.2) is 16.8 Å². The van der Waals surface area contributed by atoms with Gasteiger partial charge in [-0.1, -0.05) is 57.6 Å². The van der Waals surface area contributed by atoms with Gasteiger partial charge in [-0.25, -0.2) is 4.79 Å². The van der Waals surface area contributed by atoms with Crippen molar-refractivity contribution >= 4 is 17.8 Å². The molecule has 3 aliphatic rings. The maximum absolute atomic E-state index is 11.1. The minimum absolute atomic E-state index is 0.0326. The van der Waals surface area contributed by atoms with Crippen LogP contribution in [-0.2, 0) is 0 Å². The number of furan rings is 1. The molecule has 170 valence electrons. The predicted octanol–water partition coefficient (Wildman–Crippen LogP) is 7.90. The van der Waals surface area contributed by atoms with Crippen molar-refractivity contribution in [3.63, 3.8) is 0 Å². The third-order valence-electron chi connectivity index (χ3n) is 6.88. The summed E-state index contributed by atoms with van der Waals surface area (Å²) in [6.07, 6.45) is 20.4. The van der Waals surface area contributed by atoms with Crippen LogP contribution in [0.1, 0.15) is 101 Å². The van der Waals surface area contributed by atoms with E-state index in [0.717, 1.165) is 29.7 Å². The quantitative estimate of drug-likeness (QED) is 0.381. The second-order valence-electron chi connectivity index (χ2n) is 9.28. The fraction of sp³-hybridized carbons (Fsp3) is 0.500. The Morgan fingerprint density at radius 1 is 1.16 bits per heavy atom. The molecule has 0 bridgehead atoms. The number of hydrogen-bond acceptors (Lipinski definition) is 3. The van der Waals surface area contributed by atoms with Gasteiger partial charge in [0.05, 0.1) is 5.70 Å². The molecule has 0 saturated heterocycles. The first-order chi connectivity index (χ1) is 15.6. The molecule has 32 heavy (non-hydrogen) atoms. The molecular weight excluding hydrogens is 398 g/mol. The second-order valence-corrected chi connectivity index (χ2v) is 9.28. The molecule has 1 aromatic heterocycles. The number of fused-ring (bicyclic) bond motifs is 2. The Labute approximate surface area is 191 Å². The van der Waals surface area contributed by atoms with E-state index >= 15 is 0 Å². The molecule has 0 amide bonds. The fourth-order valence-corrected chi connectivity index (χ4v) is 5.17. The van der Waals surface area contributed by atoms with Crippen molar-refractivity contribution in [1.29, 1.82) is 0 Å². The maximum Gasteiger partial charge on any atom is 0.371 e. The standard InChI is InChI=1S/C28H35NO3/c1-3-4-5-6-7-8-11-20-14-16-22(19(2)18-21-15-17-25(32-21)28(30)31)27-26(20)23-12-9-10-13-24(23)29-27/h14-18,20H,3-13H2,1-2H3,(H,30,31). The third-order valence-corrected chi connectivity index (χ3v) is 6.88. The van der Waals surface area contributed by atoms with Crippen molar-refractivity contribution in [3.05, 3.63) is 63.8 Å². The molecular formula is C28H35NO3. The Kier molecular flexibility index (Phi) is 7.29. The van der Waals surface area contributed by atoms with E-state index in [1.54, 1.807) is 6.07 Å². The average molecular weight is 434 g/mol. The first-order valence-electron chi connectivity index (χ1n) is 12.3. The Bertz CT molecular complexity index is 1020. The number of carboxylic acids is 1. The summed E-state index contributed by atoms with van der Waals surface area (Å²) < 4.78 is 5.46. The molecule has 1 aromatic rings. The SMILES string of the molecule is CCCCCCCCC1C=CC(C(C)=Cc2ccc(C(=O)O)o2)=C2N=C3CCCCC3=C21. The molecule has 4 nitrogen and oxygen atoms in total. The van der Waals surface area contributed by atoms with E-state index in [0.29, 0.717) is 11.7 Å². The second kappa shape index (κ2) is 10.3. The molecule has 4 rings (SSSR count). The van der Waals surface area contributed by atoms with Gasteiger partial charge in [0.25, 0.3) is 0 Å². The summed E-state index contributed by atoms with van der Waals surface area (Å²) >= 11 is 0. The van der Waals surface area contributed by atoms with Gasteiger partial charge in [0.2, 0.25) is 5.76 Å². The normalized spacial score (nSPS) is 20.5. The monoisotopic (exact) mass is 433 g/mol. The summed E-state index contributed by atoms with van der Waals surface area (Å²) in [5, 5.41) is 9.12. The van der Waals surface area contributed by atoms with Gasteiger partial charge >= 0.3 is 5.97 Å². The Hall–Kier alpha value is -2.62. The van der Waals surface area contributed by atoms with E-state index in [-0.39, 0.29) is 5.76 Å². The summed E-state index contributed by atoms with van der Waals surface area (Å²) in [7, 11) is 0. The smallest absolute Gasteiger partial charge is 0.371 e. The predicted molar refractivity (Wildman–Crippen MR) is 130 cm³/mol. The minimum atomic E-state index is -1.04. The van der Waals surface area contributed by atoms with Gasteiger partial charge in [0.15, 0.2) is 0 Å². The van der Waals surface area contributed by atoms with Crippen LogP contribution in [0.3, 0.4) is 0 Å².